The van der Waals surface area contributed by atoms with Crippen molar-refractivity contribution in [1.29, 1.82) is 0 Å². The van der Waals surface area contributed by atoms with E-state index in [1.54, 1.807) is 6.20 Å². The minimum Gasteiger partial charge on any atom is -0.474 e. The molecule has 0 atom stereocenters. The van der Waals surface area contributed by atoms with E-state index in [-0.39, 0.29) is 12.0 Å². The minimum absolute atomic E-state index is 0.0562. The average molecular weight is 312 g/mol. The normalized spacial score (nSPS) is 18.0. The largest absolute Gasteiger partial charge is 0.474 e. The Morgan fingerprint density at radius 1 is 1.26 bits per heavy atom. The fourth-order valence-electron chi connectivity index (χ4n) is 3.41. The van der Waals surface area contributed by atoms with E-state index in [2.05, 4.69) is 15.2 Å². The maximum atomic E-state index is 12.7. The van der Waals surface area contributed by atoms with Crippen molar-refractivity contribution < 1.29 is 9.53 Å². The van der Waals surface area contributed by atoms with Crippen LogP contribution in [0.15, 0.2) is 24.4 Å². The van der Waals surface area contributed by atoms with Gasteiger partial charge in [-0.25, -0.2) is 4.98 Å². The minimum atomic E-state index is 0.0562. The number of nitrogens with one attached hydrogen (secondary N) is 1. The number of pyridine rings is 1. The highest BCUT2D eigenvalue weighted by Crippen LogP contribution is 2.25. The fourth-order valence-corrected chi connectivity index (χ4v) is 3.41. The van der Waals surface area contributed by atoms with E-state index in [1.807, 2.05) is 23.1 Å². The molecule has 0 saturated carbocycles. The third-order valence-corrected chi connectivity index (χ3v) is 4.66. The molecule has 0 radical (unpaired) electrons. The summed E-state index contributed by atoms with van der Waals surface area (Å²) in [6, 6.07) is 5.65. The molecule has 1 N–H and O–H groups in total. The number of piperidine rings is 1. The SMILES string of the molecule is O=C(c1n[nH]c2c1CCC2)N1CCC(Oc2ccccn2)CC1. The van der Waals surface area contributed by atoms with Crippen molar-refractivity contribution in [3.05, 3.63) is 41.3 Å². The molecule has 6 nitrogen and oxygen atoms in total. The molecule has 2 aromatic rings. The third kappa shape index (κ3) is 2.81. The van der Waals surface area contributed by atoms with Crippen molar-refractivity contribution in [3.8, 4) is 5.88 Å². The number of amides is 1. The first kappa shape index (κ1) is 14.2. The van der Waals surface area contributed by atoms with E-state index in [0.717, 1.165) is 43.4 Å². The topological polar surface area (TPSA) is 71.1 Å². The Morgan fingerprint density at radius 2 is 2.13 bits per heavy atom. The number of hydrogen-bond acceptors (Lipinski definition) is 4. The third-order valence-electron chi connectivity index (χ3n) is 4.66. The zero-order valence-electron chi connectivity index (χ0n) is 13.0. The highest BCUT2D eigenvalue weighted by atomic mass is 16.5. The lowest BCUT2D eigenvalue weighted by Crippen LogP contribution is -2.42. The summed E-state index contributed by atoms with van der Waals surface area (Å²) in [5, 5.41) is 7.26. The van der Waals surface area contributed by atoms with E-state index < -0.39 is 0 Å². The maximum Gasteiger partial charge on any atom is 0.274 e. The molecular weight excluding hydrogens is 292 g/mol. The fraction of sp³-hybridized carbons (Fsp3) is 0.471. The molecule has 4 rings (SSSR count). The number of hydrogen-bond donors (Lipinski definition) is 1. The number of carbonyl (C=O) groups is 1. The first-order valence-corrected chi connectivity index (χ1v) is 8.24. The molecular formula is C17H20N4O2. The lowest BCUT2D eigenvalue weighted by molar-refractivity contribution is 0.0581. The van der Waals surface area contributed by atoms with Crippen molar-refractivity contribution in [2.75, 3.05) is 13.1 Å². The summed E-state index contributed by atoms with van der Waals surface area (Å²) in [7, 11) is 0. The lowest BCUT2D eigenvalue weighted by Gasteiger charge is -2.31. The number of aryl methyl sites for hydroxylation is 1. The second-order valence-electron chi connectivity index (χ2n) is 6.16. The summed E-state index contributed by atoms with van der Waals surface area (Å²) in [5.41, 5.74) is 2.89. The number of fused-ring (bicyclic) bond motifs is 1. The second-order valence-corrected chi connectivity index (χ2v) is 6.16. The zero-order chi connectivity index (χ0) is 15.6. The van der Waals surface area contributed by atoms with Gasteiger partial charge in [0, 0.05) is 49.5 Å². The first-order valence-electron chi connectivity index (χ1n) is 8.24. The summed E-state index contributed by atoms with van der Waals surface area (Å²) in [6.07, 6.45) is 6.60. The average Bonchev–Trinajstić information content (AvgIpc) is 3.19. The zero-order valence-corrected chi connectivity index (χ0v) is 13.0. The van der Waals surface area contributed by atoms with Crippen LogP contribution in [-0.4, -0.2) is 45.2 Å². The molecule has 1 amide bonds. The summed E-state index contributed by atoms with van der Waals surface area (Å²) >= 11 is 0. The van der Waals surface area contributed by atoms with E-state index in [0.29, 0.717) is 24.7 Å². The second kappa shape index (κ2) is 6.02. The van der Waals surface area contributed by atoms with Crippen LogP contribution in [0.1, 0.15) is 41.0 Å². The molecule has 6 heteroatoms. The number of nitrogens with zero attached hydrogens (tertiary/aromatic N) is 3. The molecule has 0 bridgehead atoms. The smallest absolute Gasteiger partial charge is 0.274 e. The van der Waals surface area contributed by atoms with Crippen molar-refractivity contribution in [2.45, 2.75) is 38.2 Å². The number of H-pyrrole nitrogens is 1. The van der Waals surface area contributed by atoms with E-state index >= 15 is 0 Å². The van der Waals surface area contributed by atoms with Crippen LogP contribution in [0.5, 0.6) is 5.88 Å². The Labute approximate surface area is 134 Å². The molecule has 23 heavy (non-hydrogen) atoms. The number of aromatic nitrogens is 3. The molecule has 2 aromatic heterocycles. The Kier molecular flexibility index (Phi) is 3.73. The quantitative estimate of drug-likeness (QED) is 0.940. The molecule has 0 aromatic carbocycles. The molecule has 120 valence electrons. The number of ether oxygens (including phenoxy) is 1. The van der Waals surface area contributed by atoms with Gasteiger partial charge in [0.15, 0.2) is 5.69 Å². The van der Waals surface area contributed by atoms with Crippen LogP contribution in [0.4, 0.5) is 0 Å². The van der Waals surface area contributed by atoms with Crippen LogP contribution in [0.25, 0.3) is 0 Å². The summed E-state index contributed by atoms with van der Waals surface area (Å²) in [5.74, 6) is 0.711. The van der Waals surface area contributed by atoms with Gasteiger partial charge in [0.05, 0.1) is 0 Å². The van der Waals surface area contributed by atoms with Gasteiger partial charge in [-0.2, -0.15) is 5.10 Å². The molecule has 1 fully saturated rings. The van der Waals surface area contributed by atoms with Crippen molar-refractivity contribution in [2.24, 2.45) is 0 Å². The summed E-state index contributed by atoms with van der Waals surface area (Å²) in [4.78, 5) is 18.8. The van der Waals surface area contributed by atoms with Crippen LogP contribution >= 0.6 is 0 Å². The van der Waals surface area contributed by atoms with E-state index in [1.165, 1.54) is 0 Å². The predicted octanol–water partition coefficient (Wildman–Crippen LogP) is 1.98. The van der Waals surface area contributed by atoms with Gasteiger partial charge >= 0.3 is 0 Å². The maximum absolute atomic E-state index is 12.7. The Hall–Kier alpha value is -2.37. The van der Waals surface area contributed by atoms with Gasteiger partial charge in [0.25, 0.3) is 5.91 Å². The van der Waals surface area contributed by atoms with Crippen LogP contribution in [-0.2, 0) is 12.8 Å². The molecule has 1 aliphatic heterocycles. The number of aromatic amines is 1. The van der Waals surface area contributed by atoms with Gasteiger partial charge in [-0.3, -0.25) is 9.89 Å². The first-order chi connectivity index (χ1) is 11.3. The van der Waals surface area contributed by atoms with Gasteiger partial charge in [-0.15, -0.1) is 0 Å². The van der Waals surface area contributed by atoms with Crippen LogP contribution in [0.3, 0.4) is 0 Å². The van der Waals surface area contributed by atoms with Gasteiger partial charge in [0.2, 0.25) is 5.88 Å². The number of carbonyl (C=O) groups excluding carboxylic acids is 1. The molecule has 2 aliphatic rings. The van der Waals surface area contributed by atoms with E-state index in [4.69, 9.17) is 4.74 Å². The van der Waals surface area contributed by atoms with Gasteiger partial charge < -0.3 is 9.64 Å². The summed E-state index contributed by atoms with van der Waals surface area (Å²) < 4.78 is 5.88. The number of rotatable bonds is 3. The highest BCUT2D eigenvalue weighted by molar-refractivity contribution is 5.94. The Balaban J connectivity index is 1.37. The van der Waals surface area contributed by atoms with Crippen molar-refractivity contribution in [1.82, 2.24) is 20.1 Å². The lowest BCUT2D eigenvalue weighted by atomic mass is 10.1. The molecule has 0 spiro atoms. The molecule has 1 saturated heterocycles. The number of likely N-dealkylation sites (tertiary alicyclic amines) is 1. The predicted molar refractivity (Wildman–Crippen MR) is 84.4 cm³/mol. The monoisotopic (exact) mass is 312 g/mol. The van der Waals surface area contributed by atoms with Gasteiger partial charge in [-0.1, -0.05) is 6.07 Å². The standard InChI is InChI=1S/C17H20N4O2/c22-17(16-13-4-3-5-14(13)19-20-16)21-10-7-12(8-11-21)23-15-6-1-2-9-18-15/h1-2,6,9,12H,3-5,7-8,10-11H2,(H,19,20). The Morgan fingerprint density at radius 3 is 2.91 bits per heavy atom. The van der Waals surface area contributed by atoms with Crippen LogP contribution < -0.4 is 4.74 Å². The van der Waals surface area contributed by atoms with Crippen LogP contribution in [0.2, 0.25) is 0 Å². The van der Waals surface area contributed by atoms with Crippen LogP contribution in [0, 0.1) is 0 Å². The van der Waals surface area contributed by atoms with E-state index in [9.17, 15) is 4.79 Å². The molecule has 1 aliphatic carbocycles. The molecule has 0 unspecified atom stereocenters. The molecule has 3 heterocycles. The summed E-state index contributed by atoms with van der Waals surface area (Å²) in [6.45, 7) is 1.41. The van der Waals surface area contributed by atoms with Crippen molar-refractivity contribution in [3.63, 3.8) is 0 Å². The Bertz CT molecular complexity index is 690. The van der Waals surface area contributed by atoms with Crippen molar-refractivity contribution >= 4 is 5.91 Å². The highest BCUT2D eigenvalue weighted by Gasteiger charge is 2.29. The van der Waals surface area contributed by atoms with Gasteiger partial charge in [-0.05, 0) is 25.3 Å². The van der Waals surface area contributed by atoms with Gasteiger partial charge in [0.1, 0.15) is 6.10 Å².